The topological polar surface area (TPSA) is 60.4 Å². The largest absolute Gasteiger partial charge is 1.00 e. The average Bonchev–Trinajstić information content (AvgIpc) is 1.65. The maximum atomic E-state index is 9.12. The number of rotatable bonds is 1. The van der Waals surface area contributed by atoms with E-state index in [1.807, 2.05) is 0 Å². The molecular weight excluding hydrogens is 163 g/mol. The summed E-state index contributed by atoms with van der Waals surface area (Å²) in [5.74, 6) is 0.639. The molecule has 0 aliphatic carbocycles. The smallest absolute Gasteiger partial charge is 0.771 e. The van der Waals surface area contributed by atoms with E-state index in [4.69, 9.17) is 13.9 Å². The third-order valence-corrected chi connectivity index (χ3v) is 0.316. The Balaban J connectivity index is -0.0000000910. The molecule has 10 heavy (non-hydrogen) atoms. The van der Waals surface area contributed by atoms with Crippen molar-refractivity contribution in [3.05, 3.63) is 5.92 Å². The second-order valence-corrected chi connectivity index (χ2v) is 2.80. The summed E-state index contributed by atoms with van der Waals surface area (Å²) in [5.41, 5.74) is 0. The minimum atomic E-state index is -2.27. The Hall–Kier alpha value is 1.07. The fourth-order valence-corrected chi connectivity index (χ4v) is 0. The van der Waals surface area contributed by atoms with E-state index in [2.05, 4.69) is 20.8 Å². The van der Waals surface area contributed by atoms with Crippen molar-refractivity contribution in [2.45, 2.75) is 20.8 Å². The zero-order chi connectivity index (χ0) is 7.86. The van der Waals surface area contributed by atoms with Gasteiger partial charge >= 0.3 is 29.6 Å². The number of aliphatic hydroxyl groups is 1. The Morgan fingerprint density at radius 1 is 1.50 bits per heavy atom. The minimum Gasteiger partial charge on any atom is -0.771 e. The molecule has 0 rings (SSSR count). The van der Waals surface area contributed by atoms with Crippen molar-refractivity contribution in [2.75, 3.05) is 5.94 Å². The van der Waals surface area contributed by atoms with Gasteiger partial charge in [0.1, 0.15) is 5.94 Å². The predicted molar refractivity (Wildman–Crippen MR) is 36.3 cm³/mol. The van der Waals surface area contributed by atoms with Crippen LogP contribution in [0.3, 0.4) is 0 Å². The molecule has 0 aromatic heterocycles. The molecule has 0 saturated heterocycles. The molecule has 0 aromatic carbocycles. The Morgan fingerprint density at radius 3 is 1.60 bits per heavy atom. The molecule has 1 N–H and O–H groups in total. The van der Waals surface area contributed by atoms with Crippen molar-refractivity contribution < 1.29 is 43.4 Å². The molecule has 0 fully saturated rings. The molecule has 0 spiro atoms. The van der Waals surface area contributed by atoms with Crippen LogP contribution in [0.15, 0.2) is 0 Å². The van der Waals surface area contributed by atoms with Gasteiger partial charge in [-0.1, -0.05) is 20.8 Å². The molecule has 57 valence electrons. The second kappa shape index (κ2) is 12.7. The summed E-state index contributed by atoms with van der Waals surface area (Å²) < 4.78 is 18.2. The molecule has 0 aliphatic heterocycles. The third kappa shape index (κ3) is 62.7. The van der Waals surface area contributed by atoms with Crippen molar-refractivity contribution >= 4 is 11.1 Å². The fourth-order valence-electron chi connectivity index (χ4n) is 0. The van der Waals surface area contributed by atoms with Gasteiger partial charge in [0.25, 0.3) is 0 Å². The molecule has 0 aliphatic rings. The van der Waals surface area contributed by atoms with E-state index in [1.165, 1.54) is 5.92 Å². The summed E-state index contributed by atoms with van der Waals surface area (Å²) in [6.45, 7) is 6.25. The third-order valence-electron chi connectivity index (χ3n) is 0.105. The van der Waals surface area contributed by atoms with E-state index in [9.17, 15) is 0 Å². The van der Waals surface area contributed by atoms with Crippen LogP contribution in [0.2, 0.25) is 0 Å². The van der Waals surface area contributed by atoms with Crippen LogP contribution in [0, 0.1) is 5.92 Å². The van der Waals surface area contributed by atoms with Gasteiger partial charge in [0, 0.05) is 0 Å². The Morgan fingerprint density at radius 2 is 1.60 bits per heavy atom. The van der Waals surface area contributed by atoms with Crippen molar-refractivity contribution in [1.82, 2.24) is 0 Å². The second-order valence-electron chi connectivity index (χ2n) is 1.93. The van der Waals surface area contributed by atoms with Gasteiger partial charge in [-0.25, -0.2) is 0 Å². The molecular formula is C5H12NaO3S. The van der Waals surface area contributed by atoms with Crippen molar-refractivity contribution in [1.29, 1.82) is 0 Å². The number of aliphatic hydroxyl groups excluding tert-OH is 1. The van der Waals surface area contributed by atoms with Crippen LogP contribution in [0.4, 0.5) is 0 Å². The summed E-state index contributed by atoms with van der Waals surface area (Å²) in [6, 6.07) is 0. The molecule has 0 heterocycles. The maximum Gasteiger partial charge on any atom is 1.00 e. The van der Waals surface area contributed by atoms with Crippen LogP contribution in [-0.4, -0.2) is 19.8 Å². The van der Waals surface area contributed by atoms with Crippen molar-refractivity contribution in [3.8, 4) is 0 Å². The summed E-state index contributed by atoms with van der Waals surface area (Å²) in [5, 5.41) is 7.53. The Labute approximate surface area is 86.8 Å². The molecule has 0 bridgehead atoms. The quantitative estimate of drug-likeness (QED) is 0.352. The molecule has 5 heteroatoms. The fraction of sp³-hybridized carbons (Fsp3) is 0.800. The monoisotopic (exact) mass is 175 g/mol. The summed E-state index contributed by atoms with van der Waals surface area (Å²) >= 11 is -2.27. The van der Waals surface area contributed by atoms with Gasteiger partial charge in [-0.2, -0.15) is 0 Å². The van der Waals surface area contributed by atoms with Gasteiger partial charge in [-0.3, -0.25) is 4.21 Å². The first-order valence-corrected chi connectivity index (χ1v) is 3.68. The van der Waals surface area contributed by atoms with Crippen LogP contribution >= 0.6 is 0 Å². The van der Waals surface area contributed by atoms with E-state index in [-0.39, 0.29) is 29.6 Å². The van der Waals surface area contributed by atoms with Gasteiger partial charge in [-0.15, -0.1) is 0 Å². The number of hydrogen-bond donors (Lipinski definition) is 1. The standard InChI is InChI=1S/C4H9.CH4O3S.Na/c1-4(2)3;2-1-5(3)4;/h1-3H3;2H,1H2,(H,3,4);/q;;+1/p-1. The summed E-state index contributed by atoms with van der Waals surface area (Å²) in [7, 11) is 0. The molecule has 0 saturated carbocycles. The molecule has 0 aromatic rings. The maximum absolute atomic E-state index is 9.12. The normalized spacial score (nSPS) is 11.0. The Bertz CT molecular complexity index is 74.5. The molecule has 0 amide bonds. The Kier molecular flexibility index (Phi) is 21.9. The molecule has 1 radical (unpaired) electrons. The van der Waals surface area contributed by atoms with Crippen molar-refractivity contribution in [3.63, 3.8) is 0 Å². The van der Waals surface area contributed by atoms with Crippen LogP contribution in [-0.2, 0) is 11.1 Å². The van der Waals surface area contributed by atoms with Crippen LogP contribution < -0.4 is 29.6 Å². The molecule has 3 nitrogen and oxygen atoms in total. The van der Waals surface area contributed by atoms with E-state index in [0.717, 1.165) is 0 Å². The van der Waals surface area contributed by atoms with E-state index >= 15 is 0 Å². The first-order valence-electron chi connectivity index (χ1n) is 2.44. The average molecular weight is 175 g/mol. The zero-order valence-electron chi connectivity index (χ0n) is 6.88. The van der Waals surface area contributed by atoms with Crippen LogP contribution in [0.1, 0.15) is 20.8 Å². The van der Waals surface area contributed by atoms with Crippen LogP contribution in [0.5, 0.6) is 0 Å². The van der Waals surface area contributed by atoms with Gasteiger partial charge in [-0.05, 0) is 17.0 Å². The van der Waals surface area contributed by atoms with Gasteiger partial charge < -0.3 is 9.66 Å². The van der Waals surface area contributed by atoms with Crippen molar-refractivity contribution in [2.24, 2.45) is 0 Å². The minimum absolute atomic E-state index is 0. The zero-order valence-corrected chi connectivity index (χ0v) is 9.70. The van der Waals surface area contributed by atoms with E-state index in [1.54, 1.807) is 0 Å². The first-order chi connectivity index (χ1) is 4.00. The predicted octanol–water partition coefficient (Wildman–Crippen LogP) is -2.56. The van der Waals surface area contributed by atoms with E-state index in [0.29, 0.717) is 0 Å². The first kappa shape index (κ1) is 17.2. The summed E-state index contributed by atoms with van der Waals surface area (Å²) in [4.78, 5) is 0. The SMILES string of the molecule is C[C](C)C.O=S([O-])CO.[Na+]. The number of hydrogen-bond acceptors (Lipinski definition) is 3. The van der Waals surface area contributed by atoms with Gasteiger partial charge in [0.15, 0.2) is 0 Å². The molecule has 1 unspecified atom stereocenters. The summed E-state index contributed by atoms with van der Waals surface area (Å²) in [6.07, 6.45) is 0. The van der Waals surface area contributed by atoms with E-state index < -0.39 is 17.0 Å². The molecule has 1 atom stereocenters. The van der Waals surface area contributed by atoms with Gasteiger partial charge in [0.2, 0.25) is 0 Å². The van der Waals surface area contributed by atoms with Gasteiger partial charge in [0.05, 0.1) is 0 Å². The van der Waals surface area contributed by atoms with Crippen LogP contribution in [0.25, 0.3) is 0 Å².